The lowest BCUT2D eigenvalue weighted by Crippen LogP contribution is -2.25. The van der Waals surface area contributed by atoms with Gasteiger partial charge < -0.3 is 19.6 Å². The largest absolute Gasteiger partial charge is 0.624 e. The molecule has 0 N–H and O–H groups in total. The molecule has 0 aliphatic rings. The van der Waals surface area contributed by atoms with Crippen molar-refractivity contribution in [2.45, 2.75) is 19.9 Å². The molecule has 4 aromatic rings. The first-order chi connectivity index (χ1) is 16.4. The molecule has 0 saturated carbocycles. The number of aryl methyl sites for hydroxylation is 1. The standard InChI is InChI=1S/C25H28N6O3/c1-17(2)31(32)9-8-30(20-10-21(33-4)13-22(11-20)34-5)19-6-7-23-24(12-19)28-25(15-26-23)18-14-27-29(3)16-18/h6-7,9-17H,8H2,1-5H3/b31-9+. The van der Waals surface area contributed by atoms with Crippen molar-refractivity contribution in [2.75, 3.05) is 25.7 Å². The Bertz CT molecular complexity index is 1310. The van der Waals surface area contributed by atoms with Crippen LogP contribution in [0.2, 0.25) is 0 Å². The number of hydrogen-bond acceptors (Lipinski definition) is 7. The van der Waals surface area contributed by atoms with Crippen LogP contribution in [-0.4, -0.2) is 57.5 Å². The fourth-order valence-electron chi connectivity index (χ4n) is 3.54. The molecule has 9 heteroatoms. The summed E-state index contributed by atoms with van der Waals surface area (Å²) in [5.74, 6) is 1.31. The molecule has 0 spiro atoms. The van der Waals surface area contributed by atoms with E-state index in [1.165, 1.54) is 0 Å². The molecule has 0 unspecified atom stereocenters. The first kappa shape index (κ1) is 23.0. The maximum absolute atomic E-state index is 12.3. The van der Waals surface area contributed by atoms with E-state index in [9.17, 15) is 5.21 Å². The Labute approximate surface area is 198 Å². The molecule has 0 aliphatic carbocycles. The fourth-order valence-corrected chi connectivity index (χ4v) is 3.54. The van der Waals surface area contributed by atoms with E-state index < -0.39 is 0 Å². The highest BCUT2D eigenvalue weighted by atomic mass is 16.5. The molecule has 4 rings (SSSR count). The lowest BCUT2D eigenvalue weighted by atomic mass is 10.2. The number of anilines is 2. The molecular formula is C25H28N6O3. The summed E-state index contributed by atoms with van der Waals surface area (Å²) in [5.41, 5.74) is 4.82. The van der Waals surface area contributed by atoms with Gasteiger partial charge in [-0.2, -0.15) is 5.10 Å². The number of benzene rings is 2. The van der Waals surface area contributed by atoms with Gasteiger partial charge in [0.25, 0.3) is 0 Å². The van der Waals surface area contributed by atoms with E-state index in [4.69, 9.17) is 14.5 Å². The van der Waals surface area contributed by atoms with E-state index in [0.29, 0.717) is 18.0 Å². The van der Waals surface area contributed by atoms with E-state index in [2.05, 4.69) is 10.1 Å². The number of aromatic nitrogens is 4. The third kappa shape index (κ3) is 4.93. The van der Waals surface area contributed by atoms with Gasteiger partial charge >= 0.3 is 0 Å². The van der Waals surface area contributed by atoms with Crippen molar-refractivity contribution in [1.82, 2.24) is 19.7 Å². The van der Waals surface area contributed by atoms with Crippen LogP contribution in [0.4, 0.5) is 11.4 Å². The molecule has 0 bridgehead atoms. The van der Waals surface area contributed by atoms with Crippen molar-refractivity contribution in [2.24, 2.45) is 7.05 Å². The van der Waals surface area contributed by atoms with Gasteiger partial charge in [0.2, 0.25) is 0 Å². The number of hydrogen-bond donors (Lipinski definition) is 0. The topological polar surface area (TPSA) is 91.4 Å². The number of rotatable bonds is 8. The Morgan fingerprint density at radius 2 is 1.76 bits per heavy atom. The summed E-state index contributed by atoms with van der Waals surface area (Å²) >= 11 is 0. The van der Waals surface area contributed by atoms with E-state index in [1.54, 1.807) is 37.5 Å². The Balaban J connectivity index is 1.81. The predicted octanol–water partition coefficient (Wildman–Crippen LogP) is 4.18. The summed E-state index contributed by atoms with van der Waals surface area (Å²) in [6, 6.07) is 11.3. The molecular weight excluding hydrogens is 432 g/mol. The average molecular weight is 461 g/mol. The number of fused-ring (bicyclic) bond motifs is 1. The van der Waals surface area contributed by atoms with Gasteiger partial charge in [0.15, 0.2) is 12.3 Å². The maximum atomic E-state index is 12.3. The Hall–Kier alpha value is -4.14. The minimum atomic E-state index is -0.161. The molecule has 176 valence electrons. The molecule has 2 aromatic heterocycles. The van der Waals surface area contributed by atoms with E-state index in [-0.39, 0.29) is 6.04 Å². The highest BCUT2D eigenvalue weighted by Gasteiger charge is 2.15. The first-order valence-electron chi connectivity index (χ1n) is 10.9. The highest BCUT2D eigenvalue weighted by molar-refractivity contribution is 5.84. The van der Waals surface area contributed by atoms with Crippen molar-refractivity contribution in [3.8, 4) is 22.8 Å². The number of hydroxylamine groups is 1. The third-order valence-corrected chi connectivity index (χ3v) is 5.44. The van der Waals surface area contributed by atoms with Gasteiger partial charge in [-0.25, -0.2) is 9.72 Å². The van der Waals surface area contributed by atoms with Crippen LogP contribution in [0, 0.1) is 5.21 Å². The zero-order valence-corrected chi connectivity index (χ0v) is 20.0. The predicted molar refractivity (Wildman–Crippen MR) is 133 cm³/mol. The van der Waals surface area contributed by atoms with E-state index >= 15 is 0 Å². The van der Waals surface area contributed by atoms with Crippen LogP contribution in [0.3, 0.4) is 0 Å². The van der Waals surface area contributed by atoms with Crippen molar-refractivity contribution in [1.29, 1.82) is 0 Å². The van der Waals surface area contributed by atoms with Crippen LogP contribution in [-0.2, 0) is 7.05 Å². The molecule has 2 aromatic carbocycles. The summed E-state index contributed by atoms with van der Waals surface area (Å²) in [6.45, 7) is 4.06. The second-order valence-corrected chi connectivity index (χ2v) is 8.15. The number of methoxy groups -OCH3 is 2. The summed E-state index contributed by atoms with van der Waals surface area (Å²) in [4.78, 5) is 11.4. The van der Waals surface area contributed by atoms with Crippen LogP contribution in [0.25, 0.3) is 22.3 Å². The van der Waals surface area contributed by atoms with Gasteiger partial charge in [-0.3, -0.25) is 9.67 Å². The van der Waals surface area contributed by atoms with Gasteiger partial charge in [0.1, 0.15) is 18.0 Å². The minimum absolute atomic E-state index is 0.161. The Morgan fingerprint density at radius 1 is 1.03 bits per heavy atom. The smallest absolute Gasteiger partial charge is 0.170 e. The summed E-state index contributed by atoms with van der Waals surface area (Å²) < 4.78 is 13.6. The lowest BCUT2D eigenvalue weighted by Gasteiger charge is -2.24. The van der Waals surface area contributed by atoms with Gasteiger partial charge in [-0.15, -0.1) is 0 Å². The van der Waals surface area contributed by atoms with Gasteiger partial charge in [0, 0.05) is 48.4 Å². The molecule has 9 nitrogen and oxygen atoms in total. The van der Waals surface area contributed by atoms with Crippen LogP contribution >= 0.6 is 0 Å². The molecule has 0 amide bonds. The molecule has 0 saturated heterocycles. The van der Waals surface area contributed by atoms with Crippen molar-refractivity contribution < 1.29 is 14.2 Å². The van der Waals surface area contributed by atoms with Crippen LogP contribution in [0.15, 0.2) is 55.0 Å². The molecule has 0 atom stereocenters. The van der Waals surface area contributed by atoms with Crippen molar-refractivity contribution in [3.05, 3.63) is 60.2 Å². The number of nitrogens with zero attached hydrogens (tertiary/aromatic N) is 6. The monoisotopic (exact) mass is 460 g/mol. The molecule has 0 aliphatic heterocycles. The van der Waals surface area contributed by atoms with Crippen LogP contribution in [0.1, 0.15) is 13.8 Å². The maximum Gasteiger partial charge on any atom is 0.170 e. The molecule has 2 heterocycles. The second-order valence-electron chi connectivity index (χ2n) is 8.15. The molecule has 0 radical (unpaired) electrons. The van der Waals surface area contributed by atoms with E-state index in [0.717, 1.165) is 38.4 Å². The Morgan fingerprint density at radius 3 is 2.38 bits per heavy atom. The fraction of sp³-hybridized carbons (Fsp3) is 0.280. The first-order valence-corrected chi connectivity index (χ1v) is 10.9. The Kier molecular flexibility index (Phi) is 6.62. The van der Waals surface area contributed by atoms with Gasteiger partial charge in [-0.1, -0.05) is 0 Å². The lowest BCUT2D eigenvalue weighted by molar-refractivity contribution is -0.488. The molecule has 34 heavy (non-hydrogen) atoms. The average Bonchev–Trinajstić information content (AvgIpc) is 3.29. The second kappa shape index (κ2) is 9.78. The SMILES string of the molecule is COc1cc(OC)cc(N(C/C=[N+](/[O-])C(C)C)c2ccc3ncc(-c4cnn(C)c4)nc3c2)c1. The van der Waals surface area contributed by atoms with Crippen molar-refractivity contribution >= 4 is 28.6 Å². The summed E-state index contributed by atoms with van der Waals surface area (Å²) in [6.07, 6.45) is 7.03. The summed E-state index contributed by atoms with van der Waals surface area (Å²) in [5, 5.41) is 16.6. The van der Waals surface area contributed by atoms with E-state index in [1.807, 2.05) is 68.4 Å². The minimum Gasteiger partial charge on any atom is -0.624 e. The molecule has 0 fully saturated rings. The number of ether oxygens (including phenoxy) is 2. The van der Waals surface area contributed by atoms with Crippen LogP contribution < -0.4 is 14.4 Å². The quantitative estimate of drug-likeness (QED) is 0.169. The van der Waals surface area contributed by atoms with Gasteiger partial charge in [-0.05, 0) is 32.0 Å². The highest BCUT2D eigenvalue weighted by Crippen LogP contribution is 2.33. The van der Waals surface area contributed by atoms with Crippen molar-refractivity contribution in [3.63, 3.8) is 0 Å². The normalized spacial score (nSPS) is 11.8. The van der Waals surface area contributed by atoms with Gasteiger partial charge in [0.05, 0.1) is 43.3 Å². The third-order valence-electron chi connectivity index (χ3n) is 5.44. The zero-order valence-electron chi connectivity index (χ0n) is 20.0. The zero-order chi connectivity index (χ0) is 24.2. The van der Waals surface area contributed by atoms with Crippen LogP contribution in [0.5, 0.6) is 11.5 Å². The summed E-state index contributed by atoms with van der Waals surface area (Å²) in [7, 11) is 5.08.